The van der Waals surface area contributed by atoms with Crippen molar-refractivity contribution < 1.29 is 17.6 Å². The quantitative estimate of drug-likeness (QED) is 0.723. The molecule has 1 atom stereocenters. The molecule has 1 N–H and O–H groups in total. The lowest BCUT2D eigenvalue weighted by atomic mass is 9.79. The molecular weight excluding hydrogens is 282 g/mol. The van der Waals surface area contributed by atoms with Crippen molar-refractivity contribution in [2.24, 2.45) is 5.92 Å². The van der Waals surface area contributed by atoms with Gasteiger partial charge in [-0.05, 0) is 43.5 Å². The summed E-state index contributed by atoms with van der Waals surface area (Å²) in [5.41, 5.74) is -0.638. The van der Waals surface area contributed by atoms with E-state index < -0.39 is 17.6 Å². The molecule has 21 heavy (non-hydrogen) atoms. The number of benzene rings is 1. The predicted molar refractivity (Wildman–Crippen MR) is 74.4 cm³/mol. The summed E-state index contributed by atoms with van der Waals surface area (Å²) in [6.07, 6.45) is 0.472. The van der Waals surface area contributed by atoms with E-state index >= 15 is 0 Å². The third kappa shape index (κ3) is 4.19. The minimum Gasteiger partial charge on any atom is -0.310 e. The molecule has 1 aromatic carbocycles. The van der Waals surface area contributed by atoms with Gasteiger partial charge in [-0.15, -0.1) is 0 Å². The summed E-state index contributed by atoms with van der Waals surface area (Å²) in [6, 6.07) is 2.36. The zero-order valence-electron chi connectivity index (χ0n) is 12.1. The van der Waals surface area contributed by atoms with E-state index in [1.54, 1.807) is 0 Å². The lowest BCUT2D eigenvalue weighted by Gasteiger charge is -2.31. The fourth-order valence-corrected chi connectivity index (χ4v) is 2.69. The van der Waals surface area contributed by atoms with Crippen molar-refractivity contribution in [2.75, 3.05) is 6.54 Å². The highest BCUT2D eigenvalue weighted by molar-refractivity contribution is 5.29. The van der Waals surface area contributed by atoms with E-state index in [-0.39, 0.29) is 11.6 Å². The maximum absolute atomic E-state index is 14.0. The van der Waals surface area contributed by atoms with Crippen molar-refractivity contribution in [1.82, 2.24) is 5.32 Å². The zero-order chi connectivity index (χ0) is 15.5. The van der Waals surface area contributed by atoms with E-state index in [1.165, 1.54) is 0 Å². The Balaban J connectivity index is 2.23. The van der Waals surface area contributed by atoms with Gasteiger partial charge in [0.25, 0.3) is 0 Å². The first kappa shape index (κ1) is 16.3. The van der Waals surface area contributed by atoms with Crippen molar-refractivity contribution in [3.63, 3.8) is 0 Å². The molecule has 1 aromatic rings. The highest BCUT2D eigenvalue weighted by atomic mass is 19.4. The van der Waals surface area contributed by atoms with E-state index in [1.807, 2.05) is 6.92 Å². The van der Waals surface area contributed by atoms with E-state index in [4.69, 9.17) is 0 Å². The maximum Gasteiger partial charge on any atom is 0.416 e. The second kappa shape index (κ2) is 6.77. The van der Waals surface area contributed by atoms with Crippen LogP contribution in [-0.4, -0.2) is 6.54 Å². The van der Waals surface area contributed by atoms with Crippen LogP contribution in [0.15, 0.2) is 18.2 Å². The molecule has 0 aliphatic heterocycles. The number of nitrogens with one attached hydrogen (secondary N) is 1. The second-order valence-corrected chi connectivity index (χ2v) is 5.77. The molecule has 0 aromatic heterocycles. The Hall–Kier alpha value is -1.10. The first-order chi connectivity index (χ1) is 9.91. The summed E-state index contributed by atoms with van der Waals surface area (Å²) in [5, 5.41) is 3.20. The minimum atomic E-state index is -4.44. The topological polar surface area (TPSA) is 12.0 Å². The van der Waals surface area contributed by atoms with Crippen LogP contribution >= 0.6 is 0 Å². The second-order valence-electron chi connectivity index (χ2n) is 5.77. The molecule has 0 bridgehead atoms. The van der Waals surface area contributed by atoms with Gasteiger partial charge < -0.3 is 5.32 Å². The summed E-state index contributed by atoms with van der Waals surface area (Å²) in [6.45, 7) is 2.66. The molecule has 1 nitrogen and oxygen atoms in total. The molecule has 1 fully saturated rings. The van der Waals surface area contributed by atoms with Gasteiger partial charge in [-0.1, -0.05) is 26.2 Å². The molecule has 0 saturated heterocycles. The molecule has 0 spiro atoms. The number of alkyl halides is 3. The van der Waals surface area contributed by atoms with Crippen LogP contribution in [0.2, 0.25) is 0 Å². The lowest BCUT2D eigenvalue weighted by molar-refractivity contribution is -0.137. The highest BCUT2D eigenvalue weighted by Crippen LogP contribution is 2.37. The summed E-state index contributed by atoms with van der Waals surface area (Å²) >= 11 is 0. The van der Waals surface area contributed by atoms with Crippen LogP contribution in [-0.2, 0) is 6.18 Å². The molecule has 5 heteroatoms. The van der Waals surface area contributed by atoms with Gasteiger partial charge in [0.1, 0.15) is 5.82 Å². The Labute approximate surface area is 122 Å². The highest BCUT2D eigenvalue weighted by Gasteiger charge is 2.32. The molecule has 1 aliphatic rings. The Morgan fingerprint density at radius 1 is 1.29 bits per heavy atom. The van der Waals surface area contributed by atoms with Crippen molar-refractivity contribution in [3.05, 3.63) is 35.1 Å². The summed E-state index contributed by atoms with van der Waals surface area (Å²) < 4.78 is 52.4. The Kier molecular flexibility index (Phi) is 5.25. The first-order valence-corrected chi connectivity index (χ1v) is 7.51. The number of halogens is 4. The molecule has 2 rings (SSSR count). The molecule has 1 unspecified atom stereocenters. The van der Waals surface area contributed by atoms with E-state index in [9.17, 15) is 17.6 Å². The van der Waals surface area contributed by atoms with E-state index in [2.05, 4.69) is 5.32 Å². The average Bonchev–Trinajstić information content (AvgIpc) is 2.36. The van der Waals surface area contributed by atoms with Gasteiger partial charge in [0.15, 0.2) is 0 Å². The zero-order valence-corrected chi connectivity index (χ0v) is 12.1. The largest absolute Gasteiger partial charge is 0.416 e. The standard InChI is InChI=1S/C16H21F4N/c1-2-8-21-15(9-11-4-3-5-11)13-10-12(16(18,19)20)6-7-14(13)17/h6-7,10-11,15,21H,2-5,8-9H2,1H3. The summed E-state index contributed by atoms with van der Waals surface area (Å²) in [5.74, 6) is -0.0655. The van der Waals surface area contributed by atoms with Crippen LogP contribution in [0.5, 0.6) is 0 Å². The van der Waals surface area contributed by atoms with Crippen molar-refractivity contribution in [3.8, 4) is 0 Å². The number of rotatable bonds is 6. The third-order valence-corrected chi connectivity index (χ3v) is 4.13. The van der Waals surface area contributed by atoms with Gasteiger partial charge in [0, 0.05) is 11.6 Å². The maximum atomic E-state index is 14.0. The van der Waals surface area contributed by atoms with Crippen LogP contribution in [0.1, 0.15) is 56.2 Å². The Morgan fingerprint density at radius 2 is 2.00 bits per heavy atom. The number of hydrogen-bond acceptors (Lipinski definition) is 1. The molecule has 0 radical (unpaired) electrons. The molecule has 0 heterocycles. The van der Waals surface area contributed by atoms with Gasteiger partial charge >= 0.3 is 6.18 Å². The van der Waals surface area contributed by atoms with E-state index in [0.29, 0.717) is 18.9 Å². The van der Waals surface area contributed by atoms with Crippen LogP contribution in [0, 0.1) is 11.7 Å². The molecule has 1 aliphatic carbocycles. The average molecular weight is 303 g/mol. The molecule has 0 amide bonds. The van der Waals surface area contributed by atoms with Gasteiger partial charge in [0.2, 0.25) is 0 Å². The minimum absolute atomic E-state index is 0.144. The van der Waals surface area contributed by atoms with Gasteiger partial charge in [-0.2, -0.15) is 13.2 Å². The monoisotopic (exact) mass is 303 g/mol. The lowest BCUT2D eigenvalue weighted by Crippen LogP contribution is -2.27. The molecular formula is C16H21F4N. The first-order valence-electron chi connectivity index (χ1n) is 7.51. The fraction of sp³-hybridized carbons (Fsp3) is 0.625. The fourth-order valence-electron chi connectivity index (χ4n) is 2.69. The van der Waals surface area contributed by atoms with E-state index in [0.717, 1.165) is 43.9 Å². The Morgan fingerprint density at radius 3 is 2.52 bits per heavy atom. The van der Waals surface area contributed by atoms with Crippen LogP contribution in [0.3, 0.4) is 0 Å². The van der Waals surface area contributed by atoms with Crippen LogP contribution in [0.4, 0.5) is 17.6 Å². The van der Waals surface area contributed by atoms with Crippen molar-refractivity contribution in [2.45, 2.75) is 51.2 Å². The SMILES string of the molecule is CCCNC(CC1CCC1)c1cc(C(F)(F)F)ccc1F. The third-order valence-electron chi connectivity index (χ3n) is 4.13. The number of hydrogen-bond donors (Lipinski definition) is 1. The van der Waals surface area contributed by atoms with Crippen LogP contribution in [0.25, 0.3) is 0 Å². The van der Waals surface area contributed by atoms with Gasteiger partial charge in [-0.3, -0.25) is 0 Å². The molecule has 1 saturated carbocycles. The van der Waals surface area contributed by atoms with Gasteiger partial charge in [-0.25, -0.2) is 4.39 Å². The molecule has 118 valence electrons. The smallest absolute Gasteiger partial charge is 0.310 e. The van der Waals surface area contributed by atoms with Crippen molar-refractivity contribution >= 4 is 0 Å². The normalized spacial score (nSPS) is 17.6. The van der Waals surface area contributed by atoms with Crippen LogP contribution < -0.4 is 5.32 Å². The van der Waals surface area contributed by atoms with Crippen molar-refractivity contribution in [1.29, 1.82) is 0 Å². The van der Waals surface area contributed by atoms with Gasteiger partial charge in [0.05, 0.1) is 5.56 Å². The summed E-state index contributed by atoms with van der Waals surface area (Å²) in [4.78, 5) is 0. The summed E-state index contributed by atoms with van der Waals surface area (Å²) in [7, 11) is 0. The predicted octanol–water partition coefficient (Wildman–Crippen LogP) is 5.08. The Bertz CT molecular complexity index is 466.